The Kier molecular flexibility index (Phi) is 4.92. The van der Waals surface area contributed by atoms with E-state index in [-0.39, 0.29) is 17.9 Å². The molecule has 0 fully saturated rings. The number of aromatic nitrogens is 1. The summed E-state index contributed by atoms with van der Waals surface area (Å²) in [4.78, 5) is 11.8. The van der Waals surface area contributed by atoms with Crippen molar-refractivity contribution in [2.24, 2.45) is 0 Å². The van der Waals surface area contributed by atoms with Crippen LogP contribution in [-0.2, 0) is 11.3 Å². The number of ether oxygens (including phenoxy) is 2. The maximum absolute atomic E-state index is 12.1. The van der Waals surface area contributed by atoms with Crippen molar-refractivity contribution in [2.45, 2.75) is 26.6 Å². The van der Waals surface area contributed by atoms with Crippen LogP contribution >= 0.6 is 0 Å². The van der Waals surface area contributed by atoms with E-state index < -0.39 is 18.8 Å². The summed E-state index contributed by atoms with van der Waals surface area (Å²) in [6.07, 6.45) is -4.58. The van der Waals surface area contributed by atoms with Crippen molar-refractivity contribution < 1.29 is 32.0 Å². The molecule has 1 aromatic carbocycles. The first-order valence-corrected chi connectivity index (χ1v) is 6.65. The number of nitrogens with zero attached hydrogens (tertiary/aromatic N) is 1. The minimum absolute atomic E-state index is 0.0741. The molecule has 1 aromatic heterocycles. The number of hydrogen-bond acceptors (Lipinski definition) is 5. The summed E-state index contributed by atoms with van der Waals surface area (Å²) < 4.78 is 51.1. The quantitative estimate of drug-likeness (QED) is 0.785. The van der Waals surface area contributed by atoms with E-state index in [1.165, 1.54) is 18.2 Å². The fraction of sp³-hybridized carbons (Fsp3) is 0.333. The summed E-state index contributed by atoms with van der Waals surface area (Å²) >= 11 is 0. The second-order valence-electron chi connectivity index (χ2n) is 4.78. The Morgan fingerprint density at radius 2 is 1.96 bits per heavy atom. The molecule has 0 unspecified atom stereocenters. The zero-order chi connectivity index (χ0) is 17.0. The van der Waals surface area contributed by atoms with Crippen LogP contribution < -0.4 is 4.74 Å². The monoisotopic (exact) mass is 329 g/mol. The van der Waals surface area contributed by atoms with Gasteiger partial charge in [-0.1, -0.05) is 17.3 Å². The largest absolute Gasteiger partial charge is 0.488 e. The van der Waals surface area contributed by atoms with Gasteiger partial charge in [0.25, 0.3) is 0 Å². The summed E-state index contributed by atoms with van der Waals surface area (Å²) in [6, 6.07) is 5.92. The molecule has 0 bridgehead atoms. The van der Waals surface area contributed by atoms with Crippen LogP contribution in [0.5, 0.6) is 5.75 Å². The van der Waals surface area contributed by atoms with Gasteiger partial charge in [0.2, 0.25) is 0 Å². The lowest BCUT2D eigenvalue weighted by molar-refractivity contribution is -0.161. The maximum Gasteiger partial charge on any atom is 0.422 e. The maximum atomic E-state index is 12.1. The number of hydrogen-bond donors (Lipinski definition) is 0. The van der Waals surface area contributed by atoms with Crippen LogP contribution in [0.1, 0.15) is 27.4 Å². The fourth-order valence-corrected chi connectivity index (χ4v) is 1.84. The number of aryl methyl sites for hydroxylation is 2. The van der Waals surface area contributed by atoms with Crippen LogP contribution in [0.15, 0.2) is 28.8 Å². The highest BCUT2D eigenvalue weighted by Crippen LogP contribution is 2.23. The highest BCUT2D eigenvalue weighted by atomic mass is 19.4. The number of esters is 1. The molecule has 0 spiro atoms. The van der Waals surface area contributed by atoms with Crippen LogP contribution in [-0.4, -0.2) is 23.9 Å². The van der Waals surface area contributed by atoms with Crippen LogP contribution in [0, 0.1) is 13.8 Å². The van der Waals surface area contributed by atoms with E-state index >= 15 is 0 Å². The van der Waals surface area contributed by atoms with E-state index in [0.29, 0.717) is 17.0 Å². The van der Waals surface area contributed by atoms with Gasteiger partial charge >= 0.3 is 12.1 Å². The van der Waals surface area contributed by atoms with Gasteiger partial charge in [-0.2, -0.15) is 13.2 Å². The molecule has 0 N–H and O–H groups in total. The molecule has 1 heterocycles. The minimum atomic E-state index is -4.58. The third-order valence-electron chi connectivity index (χ3n) is 3.03. The molecular formula is C15H14F3NO4. The van der Waals surface area contributed by atoms with Crippen molar-refractivity contribution in [3.8, 4) is 5.75 Å². The average molecular weight is 329 g/mol. The van der Waals surface area contributed by atoms with Gasteiger partial charge < -0.3 is 14.0 Å². The number of halogens is 3. The fourth-order valence-electron chi connectivity index (χ4n) is 1.84. The molecule has 2 rings (SSSR count). The highest BCUT2D eigenvalue weighted by Gasteiger charge is 2.30. The standard InChI is InChI=1S/C15H14F3NO4/c1-9-12(10(2)23-19-9)7-21-13-6-4-3-5-11(13)14(20)22-8-15(16,17)18/h3-6H,7-8H2,1-2H3. The van der Waals surface area contributed by atoms with Crippen LogP contribution in [0.4, 0.5) is 13.2 Å². The third kappa shape index (κ3) is 4.48. The van der Waals surface area contributed by atoms with E-state index in [0.717, 1.165) is 0 Å². The van der Waals surface area contributed by atoms with Crippen LogP contribution in [0.25, 0.3) is 0 Å². The van der Waals surface area contributed by atoms with Crippen molar-refractivity contribution in [3.63, 3.8) is 0 Å². The molecule has 8 heteroatoms. The van der Waals surface area contributed by atoms with Crippen molar-refractivity contribution >= 4 is 5.97 Å². The zero-order valence-electron chi connectivity index (χ0n) is 12.4. The van der Waals surface area contributed by atoms with Crippen molar-refractivity contribution in [1.82, 2.24) is 5.16 Å². The summed E-state index contributed by atoms with van der Waals surface area (Å²) in [5, 5.41) is 3.77. The Hall–Kier alpha value is -2.51. The first-order chi connectivity index (χ1) is 10.8. The van der Waals surface area contributed by atoms with E-state index in [1.807, 2.05) is 0 Å². The summed E-state index contributed by atoms with van der Waals surface area (Å²) in [5.41, 5.74) is 1.27. The van der Waals surface area contributed by atoms with Gasteiger partial charge in [-0.15, -0.1) is 0 Å². The van der Waals surface area contributed by atoms with E-state index in [1.54, 1.807) is 19.9 Å². The van der Waals surface area contributed by atoms with Gasteiger partial charge in [0.15, 0.2) is 6.61 Å². The number of benzene rings is 1. The molecule has 124 valence electrons. The molecule has 0 amide bonds. The molecule has 23 heavy (non-hydrogen) atoms. The van der Waals surface area contributed by atoms with E-state index in [4.69, 9.17) is 9.26 Å². The highest BCUT2D eigenvalue weighted by molar-refractivity contribution is 5.92. The van der Waals surface area contributed by atoms with Crippen molar-refractivity contribution in [2.75, 3.05) is 6.61 Å². The third-order valence-corrected chi connectivity index (χ3v) is 3.03. The van der Waals surface area contributed by atoms with E-state index in [9.17, 15) is 18.0 Å². The Balaban J connectivity index is 2.10. The molecule has 0 atom stereocenters. The number of rotatable bonds is 5. The predicted molar refractivity (Wildman–Crippen MR) is 73.1 cm³/mol. The predicted octanol–water partition coefficient (Wildman–Crippen LogP) is 3.59. The summed E-state index contributed by atoms with van der Waals surface area (Å²) in [5.74, 6) is -0.406. The van der Waals surface area contributed by atoms with E-state index in [2.05, 4.69) is 9.89 Å². The lowest BCUT2D eigenvalue weighted by atomic mass is 10.2. The SMILES string of the molecule is Cc1noc(C)c1COc1ccccc1C(=O)OCC(F)(F)F. The van der Waals surface area contributed by atoms with Crippen molar-refractivity contribution in [3.05, 3.63) is 46.8 Å². The number of carbonyl (C=O) groups excluding carboxylic acids is 1. The minimum Gasteiger partial charge on any atom is -0.488 e. The first-order valence-electron chi connectivity index (χ1n) is 6.65. The lowest BCUT2D eigenvalue weighted by Crippen LogP contribution is -2.20. The van der Waals surface area contributed by atoms with Crippen LogP contribution in [0.2, 0.25) is 0 Å². The molecule has 2 aromatic rings. The molecule has 0 saturated heterocycles. The molecule has 0 aliphatic rings. The molecule has 0 aliphatic carbocycles. The molecule has 0 aliphatic heterocycles. The Morgan fingerprint density at radius 3 is 2.57 bits per heavy atom. The van der Waals surface area contributed by atoms with Gasteiger partial charge in [-0.05, 0) is 26.0 Å². The number of para-hydroxylation sites is 1. The lowest BCUT2D eigenvalue weighted by Gasteiger charge is -2.12. The Labute approximate surface area is 130 Å². The molecule has 5 nitrogen and oxygen atoms in total. The topological polar surface area (TPSA) is 61.6 Å². The summed E-state index contributed by atoms with van der Waals surface area (Å²) in [7, 11) is 0. The molecule has 0 radical (unpaired) electrons. The van der Waals surface area contributed by atoms with Crippen LogP contribution in [0.3, 0.4) is 0 Å². The van der Waals surface area contributed by atoms with Gasteiger partial charge in [-0.3, -0.25) is 0 Å². The normalized spacial score (nSPS) is 11.3. The average Bonchev–Trinajstić information content (AvgIpc) is 2.81. The Morgan fingerprint density at radius 1 is 1.26 bits per heavy atom. The zero-order valence-corrected chi connectivity index (χ0v) is 12.4. The first kappa shape index (κ1) is 16.9. The van der Waals surface area contributed by atoms with Gasteiger partial charge in [0, 0.05) is 0 Å². The Bertz CT molecular complexity index is 675. The molecular weight excluding hydrogens is 315 g/mol. The van der Waals surface area contributed by atoms with Gasteiger partial charge in [-0.25, -0.2) is 4.79 Å². The van der Waals surface area contributed by atoms with Gasteiger partial charge in [0.05, 0.1) is 11.3 Å². The number of alkyl halides is 3. The van der Waals surface area contributed by atoms with Gasteiger partial charge in [0.1, 0.15) is 23.7 Å². The smallest absolute Gasteiger partial charge is 0.422 e. The van der Waals surface area contributed by atoms with Crippen molar-refractivity contribution in [1.29, 1.82) is 0 Å². The second kappa shape index (κ2) is 6.72. The second-order valence-corrected chi connectivity index (χ2v) is 4.78. The summed E-state index contributed by atoms with van der Waals surface area (Å²) in [6.45, 7) is 1.87. The number of carbonyl (C=O) groups is 1. The molecule has 0 saturated carbocycles.